The Bertz CT molecular complexity index is 814. The van der Waals surface area contributed by atoms with Gasteiger partial charge in [-0.2, -0.15) is 0 Å². The standard InChI is InChI=1S/C18H21ClFN3O5/c1-10(15(25)21-13-7-6-11(19)9-12(13)20)28-14(24)5-4-8-23-16(26)18(2,3)22-17(23)27/h6-7,9-10H,4-5,8H2,1-3H3,(H,21,25)(H,22,27)/t10-/m0/s1. The van der Waals surface area contributed by atoms with Crippen LogP contribution < -0.4 is 10.6 Å². The second-order valence-electron chi connectivity index (χ2n) is 6.86. The highest BCUT2D eigenvalue weighted by molar-refractivity contribution is 6.30. The highest BCUT2D eigenvalue weighted by Crippen LogP contribution is 2.19. The van der Waals surface area contributed by atoms with Crippen LogP contribution in [0, 0.1) is 5.82 Å². The molecular weight excluding hydrogens is 393 g/mol. The minimum absolute atomic E-state index is 0.0553. The molecule has 8 nitrogen and oxygen atoms in total. The molecular formula is C18H21ClFN3O5. The Morgan fingerprint density at radius 1 is 1.36 bits per heavy atom. The van der Waals surface area contributed by atoms with Gasteiger partial charge in [-0.05, 0) is 45.4 Å². The van der Waals surface area contributed by atoms with Crippen molar-refractivity contribution in [3.05, 3.63) is 29.0 Å². The Balaban J connectivity index is 1.78. The van der Waals surface area contributed by atoms with E-state index in [1.807, 2.05) is 0 Å². The number of carbonyl (C=O) groups excluding carboxylic acids is 4. The molecule has 1 atom stereocenters. The summed E-state index contributed by atoms with van der Waals surface area (Å²) in [4.78, 5) is 48.7. The molecule has 2 N–H and O–H groups in total. The van der Waals surface area contributed by atoms with Gasteiger partial charge in [0, 0.05) is 18.0 Å². The average Bonchev–Trinajstić information content (AvgIpc) is 2.78. The molecule has 0 spiro atoms. The van der Waals surface area contributed by atoms with E-state index in [1.165, 1.54) is 19.1 Å². The lowest BCUT2D eigenvalue weighted by Crippen LogP contribution is -2.40. The summed E-state index contributed by atoms with van der Waals surface area (Å²) >= 11 is 5.64. The van der Waals surface area contributed by atoms with Crippen molar-refractivity contribution >= 4 is 41.1 Å². The van der Waals surface area contributed by atoms with E-state index in [-0.39, 0.29) is 36.0 Å². The van der Waals surface area contributed by atoms with Gasteiger partial charge in [0.2, 0.25) is 0 Å². The Labute approximate surface area is 166 Å². The first-order valence-electron chi connectivity index (χ1n) is 8.61. The minimum atomic E-state index is -1.15. The number of benzene rings is 1. The van der Waals surface area contributed by atoms with Gasteiger partial charge in [-0.25, -0.2) is 9.18 Å². The van der Waals surface area contributed by atoms with Crippen molar-refractivity contribution < 1.29 is 28.3 Å². The van der Waals surface area contributed by atoms with Crippen molar-refractivity contribution in [2.24, 2.45) is 0 Å². The molecule has 0 bridgehead atoms. The molecule has 0 unspecified atom stereocenters. The first-order valence-corrected chi connectivity index (χ1v) is 8.98. The van der Waals surface area contributed by atoms with Crippen molar-refractivity contribution in [3.8, 4) is 0 Å². The summed E-state index contributed by atoms with van der Waals surface area (Å²) in [6.45, 7) is 4.58. The zero-order valence-electron chi connectivity index (χ0n) is 15.7. The van der Waals surface area contributed by atoms with Gasteiger partial charge in [-0.1, -0.05) is 11.6 Å². The zero-order chi connectivity index (χ0) is 21.1. The topological polar surface area (TPSA) is 105 Å². The van der Waals surface area contributed by atoms with Crippen LogP contribution in [0.25, 0.3) is 0 Å². The van der Waals surface area contributed by atoms with Crippen LogP contribution in [0.2, 0.25) is 5.02 Å². The van der Waals surface area contributed by atoms with Crippen molar-refractivity contribution in [2.75, 3.05) is 11.9 Å². The van der Waals surface area contributed by atoms with Crippen molar-refractivity contribution in [1.82, 2.24) is 10.2 Å². The van der Waals surface area contributed by atoms with Crippen LogP contribution in [0.1, 0.15) is 33.6 Å². The second-order valence-corrected chi connectivity index (χ2v) is 7.30. The van der Waals surface area contributed by atoms with Crippen LogP contribution in [0.5, 0.6) is 0 Å². The first-order chi connectivity index (χ1) is 13.0. The molecule has 0 aromatic heterocycles. The molecule has 4 amide bonds. The third kappa shape index (κ3) is 5.19. The number of urea groups is 1. The number of halogens is 2. The second kappa shape index (κ2) is 8.55. The summed E-state index contributed by atoms with van der Waals surface area (Å²) in [7, 11) is 0. The lowest BCUT2D eigenvalue weighted by atomic mass is 10.1. The number of nitrogens with zero attached hydrogens (tertiary/aromatic N) is 1. The molecule has 1 aromatic carbocycles. The molecule has 28 heavy (non-hydrogen) atoms. The summed E-state index contributed by atoms with van der Waals surface area (Å²) in [6, 6.07) is 3.24. The highest BCUT2D eigenvalue weighted by atomic mass is 35.5. The minimum Gasteiger partial charge on any atom is -0.453 e. The summed E-state index contributed by atoms with van der Waals surface area (Å²) in [6.07, 6.45) is -1.06. The van der Waals surface area contributed by atoms with Crippen molar-refractivity contribution in [2.45, 2.75) is 45.3 Å². The molecule has 152 valence electrons. The fourth-order valence-corrected chi connectivity index (χ4v) is 2.70. The summed E-state index contributed by atoms with van der Waals surface area (Å²) in [5.74, 6) is -2.46. The summed E-state index contributed by atoms with van der Waals surface area (Å²) in [5, 5.41) is 5.03. The number of carbonyl (C=O) groups is 4. The highest BCUT2D eigenvalue weighted by Gasteiger charge is 2.43. The van der Waals surface area contributed by atoms with E-state index in [2.05, 4.69) is 10.6 Å². The van der Waals surface area contributed by atoms with Crippen molar-refractivity contribution in [1.29, 1.82) is 0 Å². The van der Waals surface area contributed by atoms with Gasteiger partial charge >= 0.3 is 12.0 Å². The van der Waals surface area contributed by atoms with Gasteiger partial charge < -0.3 is 15.4 Å². The molecule has 1 fully saturated rings. The number of imide groups is 1. The van der Waals surface area contributed by atoms with E-state index in [1.54, 1.807) is 13.8 Å². The first kappa shape index (κ1) is 21.6. The zero-order valence-corrected chi connectivity index (χ0v) is 16.4. The number of hydrogen-bond acceptors (Lipinski definition) is 5. The monoisotopic (exact) mass is 413 g/mol. The Morgan fingerprint density at radius 3 is 2.61 bits per heavy atom. The molecule has 1 saturated heterocycles. The summed E-state index contributed by atoms with van der Waals surface area (Å²) < 4.78 is 18.7. The van der Waals surface area contributed by atoms with Crippen LogP contribution in [0.3, 0.4) is 0 Å². The van der Waals surface area contributed by atoms with Crippen LogP contribution >= 0.6 is 11.6 Å². The molecule has 0 aliphatic carbocycles. The number of esters is 1. The van der Waals surface area contributed by atoms with E-state index in [0.29, 0.717) is 0 Å². The number of hydrogen-bond donors (Lipinski definition) is 2. The molecule has 1 heterocycles. The van der Waals surface area contributed by atoms with Gasteiger partial charge in [0.05, 0.1) is 5.69 Å². The van der Waals surface area contributed by atoms with Gasteiger partial charge in [0.25, 0.3) is 11.8 Å². The van der Waals surface area contributed by atoms with E-state index in [4.69, 9.17) is 16.3 Å². The molecule has 1 aliphatic heterocycles. The van der Waals surface area contributed by atoms with E-state index >= 15 is 0 Å². The van der Waals surface area contributed by atoms with Gasteiger partial charge in [-0.15, -0.1) is 0 Å². The van der Waals surface area contributed by atoms with Crippen LogP contribution in [-0.4, -0.2) is 46.9 Å². The maximum Gasteiger partial charge on any atom is 0.325 e. The molecule has 0 saturated carbocycles. The predicted octanol–water partition coefficient (Wildman–Crippen LogP) is 2.46. The molecule has 10 heteroatoms. The van der Waals surface area contributed by atoms with E-state index < -0.39 is 35.4 Å². The molecule has 0 radical (unpaired) electrons. The maximum atomic E-state index is 13.7. The van der Waals surface area contributed by atoms with Gasteiger partial charge in [-0.3, -0.25) is 19.3 Å². The Morgan fingerprint density at radius 2 is 2.04 bits per heavy atom. The SMILES string of the molecule is C[C@H](OC(=O)CCCN1C(=O)NC(C)(C)C1=O)C(=O)Nc1ccc(Cl)cc1F. The van der Waals surface area contributed by atoms with Gasteiger partial charge in [0.15, 0.2) is 6.10 Å². The molecule has 2 rings (SSSR count). The number of nitrogens with one attached hydrogen (secondary N) is 2. The van der Waals surface area contributed by atoms with E-state index in [0.717, 1.165) is 11.0 Å². The number of rotatable bonds is 7. The smallest absolute Gasteiger partial charge is 0.325 e. The average molecular weight is 414 g/mol. The number of anilines is 1. The molecule has 1 aliphatic rings. The van der Waals surface area contributed by atoms with Gasteiger partial charge in [0.1, 0.15) is 11.4 Å². The molecule has 1 aromatic rings. The lowest BCUT2D eigenvalue weighted by molar-refractivity contribution is -0.153. The fraction of sp³-hybridized carbons (Fsp3) is 0.444. The number of amides is 4. The summed E-state index contributed by atoms with van der Waals surface area (Å²) in [5.41, 5.74) is -1.06. The Hall–Kier alpha value is -2.68. The quantitative estimate of drug-likeness (QED) is 0.527. The third-order valence-electron chi connectivity index (χ3n) is 4.07. The Kier molecular flexibility index (Phi) is 6.60. The largest absolute Gasteiger partial charge is 0.453 e. The van der Waals surface area contributed by atoms with Crippen molar-refractivity contribution in [3.63, 3.8) is 0 Å². The predicted molar refractivity (Wildman–Crippen MR) is 99.2 cm³/mol. The number of ether oxygens (including phenoxy) is 1. The van der Waals surface area contributed by atoms with E-state index in [9.17, 15) is 23.6 Å². The fourth-order valence-electron chi connectivity index (χ4n) is 2.54. The normalized spacial score (nSPS) is 16.5. The van der Waals surface area contributed by atoms with Crippen LogP contribution in [0.15, 0.2) is 18.2 Å². The maximum absolute atomic E-state index is 13.7. The third-order valence-corrected chi connectivity index (χ3v) is 4.31. The van der Waals surface area contributed by atoms with Crippen LogP contribution in [-0.2, 0) is 19.1 Å². The van der Waals surface area contributed by atoms with Crippen LogP contribution in [0.4, 0.5) is 14.9 Å². The lowest BCUT2D eigenvalue weighted by Gasteiger charge is -2.16.